The van der Waals surface area contributed by atoms with Gasteiger partial charge in [-0.1, -0.05) is 24.3 Å². The molecule has 1 fully saturated rings. The van der Waals surface area contributed by atoms with Crippen LogP contribution in [0.3, 0.4) is 0 Å². The molecule has 0 aromatic heterocycles. The highest BCUT2D eigenvalue weighted by Gasteiger charge is 2.49. The zero-order valence-electron chi connectivity index (χ0n) is 14.5. The molecule has 2 N–H and O–H groups in total. The summed E-state index contributed by atoms with van der Waals surface area (Å²) in [5.41, 5.74) is -0.144. The molecule has 2 heterocycles. The Balaban J connectivity index is 1.52. The Morgan fingerprint density at radius 1 is 1.15 bits per heavy atom. The predicted octanol–water partition coefficient (Wildman–Crippen LogP) is 1.82. The van der Waals surface area contributed by atoms with Crippen molar-refractivity contribution in [1.82, 2.24) is 10.2 Å². The molecule has 0 aliphatic carbocycles. The fraction of sp³-hybridized carbons (Fsp3) is 0.211. The van der Waals surface area contributed by atoms with Crippen LogP contribution >= 0.6 is 0 Å². The number of carbonyl (C=O) groups excluding carboxylic acids is 3. The highest BCUT2D eigenvalue weighted by Crippen LogP contribution is 2.37. The van der Waals surface area contributed by atoms with Crippen LogP contribution in [0.5, 0.6) is 11.5 Å². The van der Waals surface area contributed by atoms with Gasteiger partial charge in [-0.05, 0) is 36.8 Å². The van der Waals surface area contributed by atoms with Crippen molar-refractivity contribution in [2.24, 2.45) is 0 Å². The minimum Gasteiger partial charge on any atom is -0.454 e. The van der Waals surface area contributed by atoms with Crippen LogP contribution in [-0.4, -0.2) is 36.1 Å². The molecule has 4 rings (SSSR count). The summed E-state index contributed by atoms with van der Waals surface area (Å²) in [6, 6.07) is 13.2. The van der Waals surface area contributed by atoms with E-state index in [2.05, 4.69) is 10.6 Å². The lowest BCUT2D eigenvalue weighted by atomic mass is 9.91. The molecule has 1 atom stereocenters. The second kappa shape index (κ2) is 6.31. The van der Waals surface area contributed by atoms with Crippen molar-refractivity contribution in [3.05, 3.63) is 54.1 Å². The van der Waals surface area contributed by atoms with E-state index >= 15 is 0 Å². The van der Waals surface area contributed by atoms with Gasteiger partial charge in [0.2, 0.25) is 12.7 Å². The second-order valence-electron chi connectivity index (χ2n) is 6.43. The zero-order chi connectivity index (χ0) is 19.0. The number of nitrogens with zero attached hydrogens (tertiary/aromatic N) is 1. The molecular formula is C19H17N3O5. The van der Waals surface area contributed by atoms with Gasteiger partial charge in [-0.2, -0.15) is 0 Å². The molecular weight excluding hydrogens is 350 g/mol. The minimum absolute atomic E-state index is 0.113. The number of carbonyl (C=O) groups is 3. The van der Waals surface area contributed by atoms with Crippen LogP contribution in [0.15, 0.2) is 48.5 Å². The lowest BCUT2D eigenvalue weighted by Gasteiger charge is -2.22. The molecule has 0 spiro atoms. The molecule has 0 bridgehead atoms. The highest BCUT2D eigenvalue weighted by atomic mass is 16.7. The third-order valence-electron chi connectivity index (χ3n) is 4.58. The molecule has 2 aliphatic rings. The van der Waals surface area contributed by atoms with E-state index in [1.165, 1.54) is 0 Å². The average Bonchev–Trinajstić information content (AvgIpc) is 3.21. The topological polar surface area (TPSA) is 97.0 Å². The Morgan fingerprint density at radius 3 is 2.67 bits per heavy atom. The van der Waals surface area contributed by atoms with Crippen molar-refractivity contribution in [3.8, 4) is 11.5 Å². The number of rotatable bonds is 4. The Bertz CT molecular complexity index is 930. The third kappa shape index (κ3) is 2.95. The van der Waals surface area contributed by atoms with Crippen molar-refractivity contribution < 1.29 is 23.9 Å². The summed E-state index contributed by atoms with van der Waals surface area (Å²) >= 11 is 0. The number of ether oxygens (including phenoxy) is 2. The normalized spacial score (nSPS) is 20.6. The van der Waals surface area contributed by atoms with Crippen molar-refractivity contribution in [3.63, 3.8) is 0 Å². The fourth-order valence-electron chi connectivity index (χ4n) is 3.11. The number of imide groups is 1. The van der Waals surface area contributed by atoms with Crippen LogP contribution in [0.25, 0.3) is 0 Å². The Morgan fingerprint density at radius 2 is 1.89 bits per heavy atom. The number of nitrogens with one attached hydrogen (secondary N) is 2. The molecule has 2 aromatic carbocycles. The number of hydrogen-bond acceptors (Lipinski definition) is 5. The van der Waals surface area contributed by atoms with Crippen LogP contribution in [0.2, 0.25) is 0 Å². The van der Waals surface area contributed by atoms with Gasteiger partial charge in [0.15, 0.2) is 11.5 Å². The van der Waals surface area contributed by atoms with Gasteiger partial charge >= 0.3 is 6.03 Å². The predicted molar refractivity (Wildman–Crippen MR) is 95.2 cm³/mol. The molecule has 2 aliphatic heterocycles. The number of anilines is 1. The highest BCUT2D eigenvalue weighted by molar-refractivity contribution is 6.10. The number of fused-ring (bicyclic) bond motifs is 1. The summed E-state index contributed by atoms with van der Waals surface area (Å²) in [4.78, 5) is 38.4. The molecule has 138 valence electrons. The summed E-state index contributed by atoms with van der Waals surface area (Å²) in [7, 11) is 0. The van der Waals surface area contributed by atoms with E-state index in [0.29, 0.717) is 22.7 Å². The van der Waals surface area contributed by atoms with Crippen LogP contribution in [0, 0.1) is 0 Å². The lowest BCUT2D eigenvalue weighted by Crippen LogP contribution is -2.42. The largest absolute Gasteiger partial charge is 0.454 e. The van der Waals surface area contributed by atoms with Crippen LogP contribution in [0.4, 0.5) is 10.5 Å². The fourth-order valence-corrected chi connectivity index (χ4v) is 3.11. The Kier molecular flexibility index (Phi) is 3.95. The van der Waals surface area contributed by atoms with E-state index in [1.54, 1.807) is 49.4 Å². The Labute approximate surface area is 155 Å². The first-order valence-electron chi connectivity index (χ1n) is 8.36. The smallest absolute Gasteiger partial charge is 0.325 e. The van der Waals surface area contributed by atoms with E-state index in [-0.39, 0.29) is 13.3 Å². The molecule has 0 radical (unpaired) electrons. The van der Waals surface area contributed by atoms with Gasteiger partial charge in [-0.15, -0.1) is 0 Å². The number of para-hydroxylation sites is 1. The monoisotopic (exact) mass is 367 g/mol. The molecule has 0 unspecified atom stereocenters. The summed E-state index contributed by atoms with van der Waals surface area (Å²) in [5, 5.41) is 5.33. The van der Waals surface area contributed by atoms with Gasteiger partial charge in [0.25, 0.3) is 5.91 Å². The molecule has 2 aromatic rings. The number of urea groups is 1. The van der Waals surface area contributed by atoms with Crippen molar-refractivity contribution in [2.75, 3.05) is 18.7 Å². The molecule has 27 heavy (non-hydrogen) atoms. The SMILES string of the molecule is C[C@]1(c2ccc3c(c2)OCO3)NC(=O)N(CC(=O)Nc2ccccc2)C1=O. The van der Waals surface area contributed by atoms with Gasteiger partial charge in [0.05, 0.1) is 0 Å². The number of benzene rings is 2. The first kappa shape index (κ1) is 16.9. The lowest BCUT2D eigenvalue weighted by molar-refractivity contribution is -0.133. The number of hydrogen-bond donors (Lipinski definition) is 2. The van der Waals surface area contributed by atoms with E-state index in [9.17, 15) is 14.4 Å². The van der Waals surface area contributed by atoms with E-state index in [1.807, 2.05) is 6.07 Å². The van der Waals surface area contributed by atoms with Crippen LogP contribution in [-0.2, 0) is 15.1 Å². The summed E-state index contributed by atoms with van der Waals surface area (Å²) < 4.78 is 10.6. The standard InChI is InChI=1S/C19H17N3O5/c1-19(12-7-8-14-15(9-12)27-11-26-14)17(24)22(18(25)21-19)10-16(23)20-13-5-3-2-4-6-13/h2-9H,10-11H2,1H3,(H,20,23)(H,21,25)/t19-/m1/s1. The average molecular weight is 367 g/mol. The maximum absolute atomic E-state index is 12.9. The quantitative estimate of drug-likeness (QED) is 0.804. The number of amides is 4. The van der Waals surface area contributed by atoms with Gasteiger partial charge in [0.1, 0.15) is 12.1 Å². The van der Waals surface area contributed by atoms with Gasteiger partial charge in [0, 0.05) is 5.69 Å². The summed E-state index contributed by atoms with van der Waals surface area (Å²) in [5.74, 6) is 0.128. The maximum atomic E-state index is 12.9. The summed E-state index contributed by atoms with van der Waals surface area (Å²) in [6.45, 7) is 1.33. The summed E-state index contributed by atoms with van der Waals surface area (Å²) in [6.07, 6.45) is 0. The van der Waals surface area contributed by atoms with Crippen molar-refractivity contribution in [2.45, 2.75) is 12.5 Å². The van der Waals surface area contributed by atoms with Crippen LogP contribution in [0.1, 0.15) is 12.5 Å². The first-order valence-corrected chi connectivity index (χ1v) is 8.36. The third-order valence-corrected chi connectivity index (χ3v) is 4.58. The van der Waals surface area contributed by atoms with Crippen molar-refractivity contribution in [1.29, 1.82) is 0 Å². The second-order valence-corrected chi connectivity index (χ2v) is 6.43. The zero-order valence-corrected chi connectivity index (χ0v) is 14.5. The molecule has 1 saturated heterocycles. The Hall–Kier alpha value is -3.55. The first-order chi connectivity index (χ1) is 13.0. The van der Waals surface area contributed by atoms with Gasteiger partial charge in [-0.3, -0.25) is 14.5 Å². The molecule has 4 amide bonds. The maximum Gasteiger partial charge on any atom is 0.325 e. The van der Waals surface area contributed by atoms with E-state index in [4.69, 9.17) is 9.47 Å². The van der Waals surface area contributed by atoms with Crippen LogP contribution < -0.4 is 20.1 Å². The molecule has 8 nitrogen and oxygen atoms in total. The van der Waals surface area contributed by atoms with E-state index in [0.717, 1.165) is 4.90 Å². The minimum atomic E-state index is -1.29. The molecule has 0 saturated carbocycles. The van der Waals surface area contributed by atoms with Gasteiger partial charge < -0.3 is 20.1 Å². The van der Waals surface area contributed by atoms with E-state index < -0.39 is 23.4 Å². The molecule has 8 heteroatoms. The van der Waals surface area contributed by atoms with Gasteiger partial charge in [-0.25, -0.2) is 4.79 Å². The van der Waals surface area contributed by atoms with Crippen molar-refractivity contribution >= 4 is 23.5 Å².